The number of hydrogen-bond acceptors (Lipinski definition) is 5. The quantitative estimate of drug-likeness (QED) is 0.319. The number of piperidine rings is 1. The Balaban J connectivity index is 1.21. The summed E-state index contributed by atoms with van der Waals surface area (Å²) in [4.78, 5) is 31.8. The fourth-order valence-corrected chi connectivity index (χ4v) is 15.8. The maximum Gasteiger partial charge on any atom is 0.263 e. The lowest BCUT2D eigenvalue weighted by atomic mass is 9.78. The zero-order valence-electron chi connectivity index (χ0n) is 27.5. The molecule has 0 aromatic rings. The second-order valence-corrected chi connectivity index (χ2v) is 20.6. The zero-order chi connectivity index (χ0) is 30.4. The largest absolute Gasteiger partial charge is 0.396 e. The van der Waals surface area contributed by atoms with Gasteiger partial charge in [0.1, 0.15) is 0 Å². The van der Waals surface area contributed by atoms with Gasteiger partial charge in [-0.3, -0.25) is 9.59 Å². The van der Waals surface area contributed by atoms with E-state index in [0.717, 1.165) is 90.1 Å². The molecular formula is C35H58N2O5Si. The molecule has 4 atom stereocenters. The lowest BCUT2D eigenvalue weighted by Gasteiger charge is -2.45. The number of amides is 2. The van der Waals surface area contributed by atoms with Gasteiger partial charge in [-0.15, -0.1) is 0 Å². The summed E-state index contributed by atoms with van der Waals surface area (Å²) in [5.41, 5.74) is 2.77. The molecule has 6 rings (SSSR count). The predicted octanol–water partition coefficient (Wildman–Crippen LogP) is 6.42. The van der Waals surface area contributed by atoms with E-state index in [1.165, 1.54) is 24.1 Å². The molecule has 2 amide bonds. The van der Waals surface area contributed by atoms with Crippen molar-refractivity contribution in [2.75, 3.05) is 26.8 Å². The fourth-order valence-electron chi connectivity index (χ4n) is 10.7. The summed E-state index contributed by atoms with van der Waals surface area (Å²) in [7, 11) is -0.0235. The Morgan fingerprint density at radius 1 is 0.953 bits per heavy atom. The first kappa shape index (κ1) is 31.7. The van der Waals surface area contributed by atoms with E-state index in [2.05, 4.69) is 29.8 Å². The summed E-state index contributed by atoms with van der Waals surface area (Å²) >= 11 is 0. The smallest absolute Gasteiger partial charge is 0.263 e. The number of likely N-dealkylation sites (tertiary alicyclic amines) is 1. The average molecular weight is 615 g/mol. The van der Waals surface area contributed by atoms with E-state index in [0.29, 0.717) is 47.9 Å². The molecule has 3 aliphatic carbocycles. The number of aliphatic hydroxyl groups is 1. The molecule has 1 N–H and O–H groups in total. The Bertz CT molecular complexity index is 1060. The van der Waals surface area contributed by atoms with Gasteiger partial charge >= 0.3 is 0 Å². The van der Waals surface area contributed by atoms with Crippen LogP contribution in [0.3, 0.4) is 0 Å². The standard InChI is InChI=1S/C35H58N2O5Si/c1-24-33(43(3,4)28-18-16-27(41-2)17-19-28)31(20-22-38)42-35(24)29-9-5-6-10-30(29)37(34(35)40)23-25-12-14-26(15-13-25)36-21-8-7-11-32(36)39/h24-28,31,33,38H,5-23H2,1-4H3/t24-,25?,26?,27?,28?,31+,33-,35+/m0/s1. The van der Waals surface area contributed by atoms with Crippen molar-refractivity contribution in [3.63, 3.8) is 0 Å². The van der Waals surface area contributed by atoms with Gasteiger partial charge in [0.25, 0.3) is 5.91 Å². The van der Waals surface area contributed by atoms with Gasteiger partial charge in [0.15, 0.2) is 5.60 Å². The minimum absolute atomic E-state index is 0.0566. The molecule has 0 unspecified atom stereocenters. The molecule has 0 bridgehead atoms. The molecule has 242 valence electrons. The lowest BCUT2D eigenvalue weighted by Crippen LogP contribution is -2.51. The Labute approximate surface area is 261 Å². The summed E-state index contributed by atoms with van der Waals surface area (Å²) in [6.07, 6.45) is 17.0. The van der Waals surface area contributed by atoms with Crippen molar-refractivity contribution in [1.29, 1.82) is 0 Å². The number of aliphatic hydroxyl groups excluding tert-OH is 1. The van der Waals surface area contributed by atoms with E-state index in [-0.39, 0.29) is 24.5 Å². The van der Waals surface area contributed by atoms with Crippen LogP contribution in [-0.4, -0.2) is 85.5 Å². The lowest BCUT2D eigenvalue weighted by molar-refractivity contribution is -0.150. The number of fused-ring (bicyclic) bond motifs is 1. The summed E-state index contributed by atoms with van der Waals surface area (Å²) in [6.45, 7) is 9.27. The maximum atomic E-state index is 14.9. The van der Waals surface area contributed by atoms with Gasteiger partial charge in [-0.2, -0.15) is 0 Å². The van der Waals surface area contributed by atoms with Crippen molar-refractivity contribution in [2.45, 2.75) is 158 Å². The van der Waals surface area contributed by atoms with E-state index < -0.39 is 13.7 Å². The summed E-state index contributed by atoms with van der Waals surface area (Å²) < 4.78 is 12.9. The molecule has 4 fully saturated rings. The third-order valence-corrected chi connectivity index (χ3v) is 18.4. The number of carbonyl (C=O) groups excluding carboxylic acids is 2. The number of methoxy groups -OCH3 is 1. The molecule has 3 aliphatic heterocycles. The van der Waals surface area contributed by atoms with E-state index in [4.69, 9.17) is 9.47 Å². The van der Waals surface area contributed by atoms with Gasteiger partial charge in [0, 0.05) is 50.9 Å². The van der Waals surface area contributed by atoms with Crippen LogP contribution in [0.15, 0.2) is 11.3 Å². The molecule has 43 heavy (non-hydrogen) atoms. The van der Waals surface area contributed by atoms with Crippen LogP contribution in [0.1, 0.15) is 110 Å². The molecule has 2 saturated heterocycles. The molecule has 7 nitrogen and oxygen atoms in total. The number of ether oxygens (including phenoxy) is 2. The van der Waals surface area contributed by atoms with E-state index >= 15 is 0 Å². The van der Waals surface area contributed by atoms with Crippen molar-refractivity contribution in [3.8, 4) is 0 Å². The first-order valence-corrected chi connectivity index (χ1v) is 21.0. The van der Waals surface area contributed by atoms with E-state index in [1.807, 2.05) is 7.11 Å². The fraction of sp³-hybridized carbons (Fsp3) is 0.886. The van der Waals surface area contributed by atoms with E-state index in [9.17, 15) is 14.7 Å². The molecular weight excluding hydrogens is 556 g/mol. The van der Waals surface area contributed by atoms with Crippen LogP contribution in [0, 0.1) is 11.8 Å². The Morgan fingerprint density at radius 2 is 1.65 bits per heavy atom. The summed E-state index contributed by atoms with van der Waals surface area (Å²) in [6, 6.07) is 0.387. The van der Waals surface area contributed by atoms with Crippen molar-refractivity contribution in [3.05, 3.63) is 11.3 Å². The number of carbonyl (C=O) groups is 2. The normalized spacial score (nSPS) is 39.2. The van der Waals surface area contributed by atoms with Crippen LogP contribution >= 0.6 is 0 Å². The van der Waals surface area contributed by atoms with Crippen LogP contribution in [0.25, 0.3) is 0 Å². The highest BCUT2D eigenvalue weighted by Crippen LogP contribution is 2.61. The van der Waals surface area contributed by atoms with Gasteiger partial charge < -0.3 is 24.4 Å². The van der Waals surface area contributed by atoms with Crippen LogP contribution in [0.5, 0.6) is 0 Å². The molecule has 0 aromatic carbocycles. The molecule has 3 heterocycles. The van der Waals surface area contributed by atoms with Crippen LogP contribution in [0.2, 0.25) is 24.2 Å². The minimum Gasteiger partial charge on any atom is -0.396 e. The molecule has 2 saturated carbocycles. The van der Waals surface area contributed by atoms with Crippen LogP contribution in [0.4, 0.5) is 0 Å². The Kier molecular flexibility index (Phi) is 9.51. The van der Waals surface area contributed by atoms with Crippen molar-refractivity contribution in [1.82, 2.24) is 9.80 Å². The molecule has 1 spiro atoms. The zero-order valence-corrected chi connectivity index (χ0v) is 28.5. The minimum atomic E-state index is -1.87. The third kappa shape index (κ3) is 5.59. The Morgan fingerprint density at radius 3 is 2.33 bits per heavy atom. The maximum absolute atomic E-state index is 14.9. The number of allylic oxidation sites excluding steroid dienone is 1. The molecule has 0 aromatic heterocycles. The van der Waals surface area contributed by atoms with E-state index in [1.54, 1.807) is 0 Å². The average Bonchev–Trinajstić information content (AvgIpc) is 3.45. The third-order valence-electron chi connectivity index (χ3n) is 13.1. The molecule has 0 radical (unpaired) electrons. The number of nitrogens with zero attached hydrogens (tertiary/aromatic N) is 2. The molecule has 8 heteroatoms. The van der Waals surface area contributed by atoms with Gasteiger partial charge in [-0.1, -0.05) is 32.9 Å². The van der Waals surface area contributed by atoms with Crippen LogP contribution in [-0.2, 0) is 19.1 Å². The highest BCUT2D eigenvalue weighted by atomic mass is 28.3. The van der Waals surface area contributed by atoms with Crippen molar-refractivity contribution >= 4 is 19.9 Å². The topological polar surface area (TPSA) is 79.3 Å². The predicted molar refractivity (Wildman–Crippen MR) is 171 cm³/mol. The highest BCUT2D eigenvalue weighted by molar-refractivity contribution is 6.80. The van der Waals surface area contributed by atoms with Gasteiger partial charge in [0.2, 0.25) is 5.91 Å². The van der Waals surface area contributed by atoms with Gasteiger partial charge in [-0.05, 0) is 106 Å². The monoisotopic (exact) mass is 614 g/mol. The first-order chi connectivity index (χ1) is 20.7. The summed E-state index contributed by atoms with van der Waals surface area (Å²) in [5.74, 6) is 1.17. The van der Waals surface area contributed by atoms with Gasteiger partial charge in [0.05, 0.1) is 20.3 Å². The number of rotatable bonds is 8. The molecule has 6 aliphatic rings. The van der Waals surface area contributed by atoms with Crippen LogP contribution < -0.4 is 0 Å². The first-order valence-electron chi connectivity index (χ1n) is 17.9. The second-order valence-electron chi connectivity index (χ2n) is 15.5. The number of hydrogen-bond donors (Lipinski definition) is 1. The Hall–Kier alpha value is -1.22. The summed E-state index contributed by atoms with van der Waals surface area (Å²) in [5, 5.41) is 10.2. The van der Waals surface area contributed by atoms with Crippen molar-refractivity contribution < 1.29 is 24.2 Å². The van der Waals surface area contributed by atoms with Crippen molar-refractivity contribution in [2.24, 2.45) is 11.8 Å². The van der Waals surface area contributed by atoms with Gasteiger partial charge in [-0.25, -0.2) is 0 Å². The highest BCUT2D eigenvalue weighted by Gasteiger charge is 2.67. The SMILES string of the molecule is COC1CCC([Si](C)(C)[C@@H]2[C@@H](CCO)O[C@]3(C(=O)N(CC4CCC(N5CCCCC5=O)CC4)C4=C3CCCC4)[C@H]2C)CC1. The second kappa shape index (κ2) is 12.9.